The molecule has 21 heavy (non-hydrogen) atoms. The van der Waals surface area contributed by atoms with Crippen LogP contribution in [0.4, 0.5) is 14.5 Å². The van der Waals surface area contributed by atoms with Gasteiger partial charge < -0.3 is 10.1 Å². The van der Waals surface area contributed by atoms with Gasteiger partial charge in [0.05, 0.1) is 16.8 Å². The SMILES string of the molecule is CCCOc1cccc(CNc2cc(F)c(Br)cc2F)c1. The van der Waals surface area contributed by atoms with Crippen molar-refractivity contribution in [2.24, 2.45) is 0 Å². The minimum Gasteiger partial charge on any atom is -0.494 e. The average molecular weight is 356 g/mol. The van der Waals surface area contributed by atoms with Crippen molar-refractivity contribution in [2.45, 2.75) is 19.9 Å². The maximum Gasteiger partial charge on any atom is 0.147 e. The fourth-order valence-electron chi connectivity index (χ4n) is 1.82. The van der Waals surface area contributed by atoms with Gasteiger partial charge in [-0.3, -0.25) is 0 Å². The summed E-state index contributed by atoms with van der Waals surface area (Å²) in [4.78, 5) is 0. The highest BCUT2D eigenvalue weighted by molar-refractivity contribution is 9.10. The van der Waals surface area contributed by atoms with Crippen LogP contribution in [-0.4, -0.2) is 6.61 Å². The first-order valence-corrected chi connectivity index (χ1v) is 7.49. The molecule has 0 aliphatic carbocycles. The first kappa shape index (κ1) is 15.8. The van der Waals surface area contributed by atoms with Gasteiger partial charge in [0.15, 0.2) is 0 Å². The minimum atomic E-state index is -0.501. The molecule has 0 aliphatic heterocycles. The Morgan fingerprint density at radius 3 is 2.71 bits per heavy atom. The molecule has 0 fully saturated rings. The van der Waals surface area contributed by atoms with Crippen molar-refractivity contribution in [1.82, 2.24) is 0 Å². The van der Waals surface area contributed by atoms with E-state index in [9.17, 15) is 8.78 Å². The number of rotatable bonds is 6. The molecule has 0 saturated heterocycles. The summed E-state index contributed by atoms with van der Waals surface area (Å²) in [6.07, 6.45) is 0.936. The van der Waals surface area contributed by atoms with Crippen molar-refractivity contribution < 1.29 is 13.5 Å². The second-order valence-electron chi connectivity index (χ2n) is 4.60. The lowest BCUT2D eigenvalue weighted by Crippen LogP contribution is -2.03. The molecule has 0 spiro atoms. The lowest BCUT2D eigenvalue weighted by Gasteiger charge is -2.10. The molecule has 2 aromatic carbocycles. The Hall–Kier alpha value is -1.62. The Labute approximate surface area is 131 Å². The summed E-state index contributed by atoms with van der Waals surface area (Å²) in [6.45, 7) is 3.08. The summed E-state index contributed by atoms with van der Waals surface area (Å²) in [5.41, 5.74) is 1.07. The number of hydrogen-bond acceptors (Lipinski definition) is 2. The number of anilines is 1. The van der Waals surface area contributed by atoms with Crippen molar-refractivity contribution in [3.8, 4) is 5.75 Å². The van der Waals surface area contributed by atoms with E-state index < -0.39 is 11.6 Å². The van der Waals surface area contributed by atoms with Crippen LogP contribution < -0.4 is 10.1 Å². The Kier molecular flexibility index (Phi) is 5.56. The van der Waals surface area contributed by atoms with Gasteiger partial charge in [-0.05, 0) is 46.1 Å². The standard InChI is InChI=1S/C16H16BrF2NO/c1-2-6-21-12-5-3-4-11(7-12)10-20-16-9-14(18)13(17)8-15(16)19/h3-5,7-9,20H,2,6,10H2,1H3. The van der Waals surface area contributed by atoms with Crippen LogP contribution in [0.5, 0.6) is 5.75 Å². The molecule has 112 valence electrons. The third kappa shape index (κ3) is 4.43. The lowest BCUT2D eigenvalue weighted by atomic mass is 10.2. The van der Waals surface area contributed by atoms with Gasteiger partial charge in [0, 0.05) is 12.6 Å². The summed E-state index contributed by atoms with van der Waals surface area (Å²) in [5.74, 6) is -0.223. The Bertz CT molecular complexity index is 619. The smallest absolute Gasteiger partial charge is 0.147 e. The highest BCUT2D eigenvalue weighted by Crippen LogP contribution is 2.24. The van der Waals surface area contributed by atoms with E-state index in [1.54, 1.807) is 0 Å². The van der Waals surface area contributed by atoms with E-state index in [4.69, 9.17) is 4.74 Å². The van der Waals surface area contributed by atoms with E-state index in [-0.39, 0.29) is 10.2 Å². The number of nitrogens with one attached hydrogen (secondary N) is 1. The van der Waals surface area contributed by atoms with Gasteiger partial charge in [0.2, 0.25) is 0 Å². The van der Waals surface area contributed by atoms with Gasteiger partial charge in [-0.25, -0.2) is 8.78 Å². The zero-order chi connectivity index (χ0) is 15.2. The fourth-order valence-corrected chi connectivity index (χ4v) is 2.14. The average Bonchev–Trinajstić information content (AvgIpc) is 2.48. The molecule has 2 aromatic rings. The summed E-state index contributed by atoms with van der Waals surface area (Å²) in [6, 6.07) is 9.78. The van der Waals surface area contributed by atoms with Gasteiger partial charge in [-0.15, -0.1) is 0 Å². The summed E-state index contributed by atoms with van der Waals surface area (Å²) >= 11 is 2.95. The topological polar surface area (TPSA) is 21.3 Å². The molecule has 0 saturated carbocycles. The molecule has 0 unspecified atom stereocenters. The normalized spacial score (nSPS) is 10.5. The quantitative estimate of drug-likeness (QED) is 0.725. The first-order valence-electron chi connectivity index (χ1n) is 6.70. The monoisotopic (exact) mass is 355 g/mol. The molecular weight excluding hydrogens is 340 g/mol. The fraction of sp³-hybridized carbons (Fsp3) is 0.250. The molecule has 0 aliphatic rings. The van der Waals surface area contributed by atoms with Crippen LogP contribution in [0.15, 0.2) is 40.9 Å². The van der Waals surface area contributed by atoms with Crippen LogP contribution >= 0.6 is 15.9 Å². The molecule has 2 nitrogen and oxygen atoms in total. The molecule has 5 heteroatoms. The largest absolute Gasteiger partial charge is 0.494 e. The zero-order valence-electron chi connectivity index (χ0n) is 11.6. The van der Waals surface area contributed by atoms with Crippen LogP contribution in [0.25, 0.3) is 0 Å². The van der Waals surface area contributed by atoms with Gasteiger partial charge in [0.25, 0.3) is 0 Å². The van der Waals surface area contributed by atoms with Crippen LogP contribution in [0.1, 0.15) is 18.9 Å². The second kappa shape index (κ2) is 7.41. The maximum atomic E-state index is 13.7. The summed E-state index contributed by atoms with van der Waals surface area (Å²) in [5, 5.41) is 2.89. The lowest BCUT2D eigenvalue weighted by molar-refractivity contribution is 0.317. The number of ether oxygens (including phenoxy) is 1. The number of benzene rings is 2. The van der Waals surface area contributed by atoms with E-state index in [0.29, 0.717) is 13.2 Å². The highest BCUT2D eigenvalue weighted by Gasteiger charge is 2.08. The van der Waals surface area contributed by atoms with Gasteiger partial charge in [-0.2, -0.15) is 0 Å². The summed E-state index contributed by atoms with van der Waals surface area (Å²) < 4.78 is 32.8. The second-order valence-corrected chi connectivity index (χ2v) is 5.45. The van der Waals surface area contributed by atoms with Crippen LogP contribution in [0.3, 0.4) is 0 Å². The highest BCUT2D eigenvalue weighted by atomic mass is 79.9. The Morgan fingerprint density at radius 1 is 1.14 bits per heavy atom. The van der Waals surface area contributed by atoms with Crippen molar-refractivity contribution in [3.63, 3.8) is 0 Å². The van der Waals surface area contributed by atoms with Gasteiger partial charge in [-0.1, -0.05) is 19.1 Å². The zero-order valence-corrected chi connectivity index (χ0v) is 13.2. The van der Waals surface area contributed by atoms with Gasteiger partial charge in [0.1, 0.15) is 17.4 Å². The third-order valence-electron chi connectivity index (χ3n) is 2.86. The van der Waals surface area contributed by atoms with E-state index in [2.05, 4.69) is 21.2 Å². The molecule has 1 N–H and O–H groups in total. The van der Waals surface area contributed by atoms with E-state index >= 15 is 0 Å². The molecular formula is C16H16BrF2NO. The molecule has 0 heterocycles. The minimum absolute atomic E-state index is 0.112. The summed E-state index contributed by atoms with van der Waals surface area (Å²) in [7, 11) is 0. The number of hydrogen-bond donors (Lipinski definition) is 1. The van der Waals surface area contributed by atoms with Crippen molar-refractivity contribution in [1.29, 1.82) is 0 Å². The Balaban J connectivity index is 2.04. The predicted molar refractivity (Wildman–Crippen MR) is 83.6 cm³/mol. The molecule has 0 atom stereocenters. The molecule has 2 rings (SSSR count). The van der Waals surface area contributed by atoms with Crippen LogP contribution in [0, 0.1) is 11.6 Å². The molecule has 0 aromatic heterocycles. The van der Waals surface area contributed by atoms with Crippen LogP contribution in [-0.2, 0) is 6.54 Å². The van der Waals surface area contributed by atoms with Crippen LogP contribution in [0.2, 0.25) is 0 Å². The predicted octanol–water partition coefficient (Wildman–Crippen LogP) is 5.13. The first-order chi connectivity index (χ1) is 10.1. The van der Waals surface area contributed by atoms with Crippen molar-refractivity contribution in [3.05, 3.63) is 58.1 Å². The van der Waals surface area contributed by atoms with E-state index in [1.165, 1.54) is 0 Å². The molecule has 0 radical (unpaired) electrons. The van der Waals surface area contributed by atoms with Crippen molar-refractivity contribution in [2.75, 3.05) is 11.9 Å². The Morgan fingerprint density at radius 2 is 1.95 bits per heavy atom. The van der Waals surface area contributed by atoms with Gasteiger partial charge >= 0.3 is 0 Å². The number of halogens is 3. The van der Waals surface area contributed by atoms with E-state index in [1.807, 2.05) is 31.2 Å². The van der Waals surface area contributed by atoms with Crippen molar-refractivity contribution >= 4 is 21.6 Å². The maximum absolute atomic E-state index is 13.7. The molecule has 0 amide bonds. The molecule has 0 bridgehead atoms. The third-order valence-corrected chi connectivity index (χ3v) is 3.47. The van der Waals surface area contributed by atoms with E-state index in [0.717, 1.165) is 29.9 Å².